The molecule has 11 nitrogen and oxygen atoms in total. The number of rotatable bonds is 12. The van der Waals surface area contributed by atoms with Gasteiger partial charge in [0, 0.05) is 21.2 Å². The average Bonchev–Trinajstić information content (AvgIpc) is 3.70. The fraction of sp³-hybridized carbons (Fsp3) is 0.149. The monoisotopic (exact) mass is 902 g/mol. The summed E-state index contributed by atoms with van der Waals surface area (Å²) in [5, 5.41) is 5.47. The summed E-state index contributed by atoms with van der Waals surface area (Å²) in [5.74, 6) is -1.33. The van der Waals surface area contributed by atoms with Gasteiger partial charge in [-0.05, 0) is 70.8 Å². The van der Waals surface area contributed by atoms with Crippen molar-refractivity contribution in [2.45, 2.75) is 38.4 Å². The van der Waals surface area contributed by atoms with E-state index in [0.717, 1.165) is 39.7 Å². The van der Waals surface area contributed by atoms with Crippen LogP contribution in [0.4, 0.5) is 11.4 Å². The molecular formula is C47H40Cl2N6O5S2. The number of thioether (sulfide) groups is 2. The van der Waals surface area contributed by atoms with Crippen LogP contribution >= 0.6 is 46.7 Å². The number of amides is 4. The summed E-state index contributed by atoms with van der Waals surface area (Å²) in [7, 11) is 0. The molecule has 4 amide bonds. The van der Waals surface area contributed by atoms with E-state index >= 15 is 0 Å². The highest BCUT2D eigenvalue weighted by Crippen LogP contribution is 2.39. The summed E-state index contributed by atoms with van der Waals surface area (Å²) >= 11 is 14.8. The number of ether oxygens (including phenoxy) is 1. The maximum Gasteiger partial charge on any atom is 0.265 e. The molecule has 0 saturated carbocycles. The number of hydrogen-bond donors (Lipinski definition) is 4. The quantitative estimate of drug-likeness (QED) is 0.0704. The summed E-state index contributed by atoms with van der Waals surface area (Å²) in [6.45, 7) is 1.40. The van der Waals surface area contributed by atoms with E-state index in [1.54, 1.807) is 30.3 Å². The Bertz CT molecular complexity index is 2550. The van der Waals surface area contributed by atoms with Gasteiger partial charge < -0.3 is 15.8 Å². The van der Waals surface area contributed by atoms with E-state index in [-0.39, 0.29) is 23.6 Å². The number of hydrogen-bond acceptors (Lipinski definition) is 9. The number of nitrogens with one attached hydrogen (secondary N) is 3. The van der Waals surface area contributed by atoms with Crippen LogP contribution in [0.2, 0.25) is 10.0 Å². The number of nitrogens with two attached hydrogens (primary N) is 1. The van der Waals surface area contributed by atoms with Crippen molar-refractivity contribution in [3.63, 3.8) is 0 Å². The average molecular weight is 904 g/mol. The SMILES string of the molecule is Nc1ccc(C(c2ccccc2)N2NC(=O)C(Sc3ccccc3Cl)C2=O)cc1.O=C1NN(C(c2ccccc2)c2ccc(NC3COC3)cc2)C(=O)C1Sc1ccccc1Cl. The highest BCUT2D eigenvalue weighted by molar-refractivity contribution is 8.01. The molecular weight excluding hydrogens is 864 g/mol. The number of benzene rings is 6. The standard InChI is InChI=1S/C25H22ClN3O3S.C22H18ClN3O2S/c26-20-8-4-5-9-21(20)33-23-24(30)28-29(25(23)31)22(16-6-2-1-3-7-16)17-10-12-18(13-11-17)27-19-14-32-15-19;23-17-8-4-5-9-18(17)29-20-21(27)25-26(22(20)28)19(14-6-2-1-3-7-14)15-10-12-16(24)13-11-15/h1-13,19,22-23,27H,14-15H2,(H,28,30);1-13,19-20H,24H2,(H,25,27). The van der Waals surface area contributed by atoms with E-state index in [9.17, 15) is 19.2 Å². The number of nitrogen functional groups attached to an aromatic ring is 1. The number of halogens is 2. The molecule has 0 radical (unpaired) electrons. The summed E-state index contributed by atoms with van der Waals surface area (Å²) in [4.78, 5) is 53.6. The van der Waals surface area contributed by atoms with Gasteiger partial charge in [0.05, 0.1) is 29.3 Å². The molecule has 0 aromatic heterocycles. The minimum Gasteiger partial charge on any atom is -0.399 e. The molecule has 3 fully saturated rings. The number of carbonyl (C=O) groups excluding carboxylic acids is 4. The van der Waals surface area contributed by atoms with Gasteiger partial charge >= 0.3 is 0 Å². The lowest BCUT2D eigenvalue weighted by atomic mass is 9.97. The molecule has 6 aromatic carbocycles. The van der Waals surface area contributed by atoms with Gasteiger partial charge in [0.2, 0.25) is 0 Å². The summed E-state index contributed by atoms with van der Waals surface area (Å²) in [5.41, 5.74) is 16.5. The first-order chi connectivity index (χ1) is 30.1. The minimum atomic E-state index is -0.908. The number of hydrazine groups is 2. The van der Waals surface area contributed by atoms with Crippen LogP contribution < -0.4 is 21.9 Å². The third kappa shape index (κ3) is 9.57. The Kier molecular flexibility index (Phi) is 13.4. The second-order valence-electron chi connectivity index (χ2n) is 14.5. The number of anilines is 2. The van der Waals surface area contributed by atoms with Crippen molar-refractivity contribution < 1.29 is 23.9 Å². The smallest absolute Gasteiger partial charge is 0.265 e. The summed E-state index contributed by atoms with van der Waals surface area (Å²) in [6, 6.07) is 48.2. The predicted octanol–water partition coefficient (Wildman–Crippen LogP) is 8.32. The topological polar surface area (TPSA) is 146 Å². The van der Waals surface area contributed by atoms with Crippen molar-refractivity contribution in [3.8, 4) is 0 Å². The van der Waals surface area contributed by atoms with Crippen molar-refractivity contribution in [2.24, 2.45) is 0 Å². The van der Waals surface area contributed by atoms with Crippen LogP contribution in [-0.2, 0) is 23.9 Å². The van der Waals surface area contributed by atoms with E-state index in [1.807, 2.05) is 127 Å². The molecule has 62 heavy (non-hydrogen) atoms. The molecule has 3 heterocycles. The second kappa shape index (κ2) is 19.4. The molecule has 3 saturated heterocycles. The van der Waals surface area contributed by atoms with Crippen molar-refractivity contribution in [2.75, 3.05) is 24.3 Å². The van der Waals surface area contributed by atoms with Crippen LogP contribution in [0.25, 0.3) is 0 Å². The minimum absolute atomic E-state index is 0.299. The normalized spacial score (nSPS) is 18.3. The third-order valence-corrected chi connectivity index (χ3v) is 13.7. The first kappa shape index (κ1) is 42.7. The van der Waals surface area contributed by atoms with Crippen LogP contribution in [0.15, 0.2) is 168 Å². The Morgan fingerprint density at radius 2 is 0.935 bits per heavy atom. The fourth-order valence-corrected chi connectivity index (χ4v) is 9.58. The van der Waals surface area contributed by atoms with Gasteiger partial charge in [-0.3, -0.25) is 30.0 Å². The van der Waals surface area contributed by atoms with Crippen LogP contribution in [0.5, 0.6) is 0 Å². The lowest BCUT2D eigenvalue weighted by Gasteiger charge is -2.29. The Labute approximate surface area is 377 Å². The molecule has 314 valence electrons. The van der Waals surface area contributed by atoms with Crippen LogP contribution in [-0.4, -0.2) is 63.4 Å². The molecule has 4 atom stereocenters. The Balaban J connectivity index is 0.000000172. The maximum atomic E-state index is 13.4. The molecule has 0 spiro atoms. The molecule has 9 rings (SSSR count). The maximum absolute atomic E-state index is 13.4. The lowest BCUT2D eigenvalue weighted by molar-refractivity contribution is -0.131. The second-order valence-corrected chi connectivity index (χ2v) is 17.6. The van der Waals surface area contributed by atoms with Gasteiger partial charge in [-0.15, -0.1) is 23.5 Å². The molecule has 3 aliphatic rings. The molecule has 5 N–H and O–H groups in total. The van der Waals surface area contributed by atoms with E-state index in [2.05, 4.69) is 16.2 Å². The van der Waals surface area contributed by atoms with E-state index in [4.69, 9.17) is 33.7 Å². The predicted molar refractivity (Wildman–Crippen MR) is 244 cm³/mol. The largest absolute Gasteiger partial charge is 0.399 e. The van der Waals surface area contributed by atoms with Gasteiger partial charge in [0.15, 0.2) is 10.5 Å². The molecule has 15 heteroatoms. The zero-order valence-corrected chi connectivity index (χ0v) is 36.0. The van der Waals surface area contributed by atoms with Crippen LogP contribution in [0.1, 0.15) is 34.3 Å². The summed E-state index contributed by atoms with van der Waals surface area (Å²) in [6.07, 6.45) is 0. The van der Waals surface area contributed by atoms with Gasteiger partial charge in [0.1, 0.15) is 12.1 Å². The fourth-order valence-electron chi connectivity index (χ4n) is 7.11. The zero-order chi connectivity index (χ0) is 43.2. The van der Waals surface area contributed by atoms with Gasteiger partial charge in [-0.1, -0.05) is 132 Å². The van der Waals surface area contributed by atoms with E-state index in [1.165, 1.54) is 21.8 Å². The van der Waals surface area contributed by atoms with Crippen molar-refractivity contribution in [1.29, 1.82) is 0 Å². The van der Waals surface area contributed by atoms with E-state index in [0.29, 0.717) is 44.8 Å². The summed E-state index contributed by atoms with van der Waals surface area (Å²) < 4.78 is 5.22. The molecule has 3 aliphatic heterocycles. The lowest BCUT2D eigenvalue weighted by Crippen LogP contribution is -2.40. The molecule has 6 aromatic rings. The first-order valence-corrected chi connectivity index (χ1v) is 22.1. The highest BCUT2D eigenvalue weighted by Gasteiger charge is 2.45. The van der Waals surface area contributed by atoms with Gasteiger partial charge in [0.25, 0.3) is 23.6 Å². The third-order valence-electron chi connectivity index (χ3n) is 10.3. The van der Waals surface area contributed by atoms with Crippen molar-refractivity contribution in [3.05, 3.63) is 190 Å². The van der Waals surface area contributed by atoms with Crippen molar-refractivity contribution in [1.82, 2.24) is 20.9 Å². The number of carbonyl (C=O) groups is 4. The molecule has 4 unspecified atom stereocenters. The van der Waals surface area contributed by atoms with Crippen LogP contribution in [0, 0.1) is 0 Å². The Hall–Kier alpha value is -5.96. The van der Waals surface area contributed by atoms with Crippen LogP contribution in [0.3, 0.4) is 0 Å². The Morgan fingerprint density at radius 3 is 1.34 bits per heavy atom. The zero-order valence-electron chi connectivity index (χ0n) is 32.9. The van der Waals surface area contributed by atoms with E-state index < -0.39 is 22.6 Å². The highest BCUT2D eigenvalue weighted by atomic mass is 35.5. The van der Waals surface area contributed by atoms with Gasteiger partial charge in [-0.25, -0.2) is 10.0 Å². The van der Waals surface area contributed by atoms with Gasteiger partial charge in [-0.2, -0.15) is 0 Å². The Morgan fingerprint density at radius 1 is 0.548 bits per heavy atom. The first-order valence-electron chi connectivity index (χ1n) is 19.6. The van der Waals surface area contributed by atoms with Crippen molar-refractivity contribution >= 4 is 81.7 Å². The number of nitrogens with zero attached hydrogens (tertiary/aromatic N) is 2. The molecule has 0 aliphatic carbocycles. The molecule has 0 bridgehead atoms.